The lowest BCUT2D eigenvalue weighted by Gasteiger charge is -2.46. The third-order valence-corrected chi connectivity index (χ3v) is 15.0. The van der Waals surface area contributed by atoms with E-state index in [0.29, 0.717) is 6.54 Å². The molecule has 0 bridgehead atoms. The highest BCUT2D eigenvalue weighted by atomic mass is 19.4. The maximum atomic E-state index is 14.2. The minimum atomic E-state index is -6.13. The van der Waals surface area contributed by atoms with Crippen molar-refractivity contribution in [3.8, 4) is 0 Å². The van der Waals surface area contributed by atoms with Crippen LogP contribution in [-0.4, -0.2) is 16.9 Å². The van der Waals surface area contributed by atoms with Gasteiger partial charge in [-0.1, -0.05) is 182 Å². The fourth-order valence-corrected chi connectivity index (χ4v) is 10.5. The molecule has 1 heterocycles. The summed E-state index contributed by atoms with van der Waals surface area (Å²) in [7, 11) is 0. The van der Waals surface area contributed by atoms with Gasteiger partial charge in [0.1, 0.15) is 11.8 Å². The largest absolute Gasteiger partial charge is 0.416 e. The number of unbranched alkanes of at least 4 members (excludes halogenated alkanes) is 15. The van der Waals surface area contributed by atoms with Gasteiger partial charge in [0.25, 0.3) is 0 Å². The van der Waals surface area contributed by atoms with Gasteiger partial charge in [-0.05, 0) is 37.1 Å². The molecule has 5 aromatic carbocycles. The topological polar surface area (TPSA) is 33.8 Å². The molecule has 0 N–H and O–H groups in total. The van der Waals surface area contributed by atoms with E-state index in [9.17, 15) is 110 Å². The number of Topliss-reactive ketones (excluding diaryl/α,β-unsaturated/α-hetero) is 1. The van der Waals surface area contributed by atoms with Gasteiger partial charge in [-0.2, -0.15) is 132 Å². The Morgan fingerprint density at radius 2 is 0.622 bits per heavy atom. The van der Waals surface area contributed by atoms with E-state index < -0.39 is 195 Å². The smallest absolute Gasteiger partial charge is 0.287 e. The van der Waals surface area contributed by atoms with Gasteiger partial charge in [-0.3, -0.25) is 4.79 Å². The van der Waals surface area contributed by atoms with Crippen molar-refractivity contribution >= 4 is 33.8 Å². The maximum absolute atomic E-state index is 14.2. The van der Waals surface area contributed by atoms with E-state index in [1.165, 1.54) is 103 Å². The van der Waals surface area contributed by atoms with Crippen molar-refractivity contribution in [1.82, 2.24) is 4.98 Å². The molecule has 28 heteroatoms. The first-order chi connectivity index (χ1) is 41.6. The maximum Gasteiger partial charge on any atom is 0.416 e. The average molecular weight is 1310 g/mol. The SMILES string of the molecule is CCCCCCCCCCCCCCCCCCc1c[n+](CC(=O)c2ccccc2)ccn1.FC(F)(F)c1cc([B-](c2cc(C(F)(F)F)cc(C(F)(F)F)c2)(c2cc(C(F)(F)F)cc(C(F)(F)F)c2)c2cc(C(F)(F)F)cc(C(F)(F)F)c2)cc(C(F)(F)F)c1. The van der Waals surface area contributed by atoms with Gasteiger partial charge in [-0.25, -0.2) is 4.98 Å². The summed E-state index contributed by atoms with van der Waals surface area (Å²) in [5, 5.41) is 0. The Morgan fingerprint density at radius 1 is 0.367 bits per heavy atom. The monoisotopic (exact) mass is 1310 g/mol. The van der Waals surface area contributed by atoms with Crippen molar-refractivity contribution in [2.24, 2.45) is 0 Å². The van der Waals surface area contributed by atoms with Gasteiger partial charge in [-0.15, -0.1) is 0 Å². The van der Waals surface area contributed by atoms with Crippen LogP contribution in [0.4, 0.5) is 105 Å². The van der Waals surface area contributed by atoms with Gasteiger partial charge in [0.05, 0.1) is 50.7 Å². The predicted octanol–water partition coefficient (Wildman–Crippen LogP) is 19.3. The average Bonchev–Trinajstić information content (AvgIpc) is 0.710. The molecule has 0 radical (unpaired) electrons. The number of aryl methyl sites for hydroxylation is 1. The van der Waals surface area contributed by atoms with E-state index >= 15 is 0 Å². The van der Waals surface area contributed by atoms with Crippen LogP contribution in [0.25, 0.3) is 0 Å². The Labute approximate surface area is 501 Å². The molecule has 1 aromatic heterocycles. The molecule has 494 valence electrons. The number of rotatable bonds is 24. The zero-order chi connectivity index (χ0) is 67.3. The molecule has 0 saturated heterocycles. The molecule has 0 spiro atoms. The summed E-state index contributed by atoms with van der Waals surface area (Å²) in [6, 6.07) is 0.699. The summed E-state index contributed by atoms with van der Waals surface area (Å²) in [4.78, 5) is 16.9. The molecule has 90 heavy (non-hydrogen) atoms. The van der Waals surface area contributed by atoms with Crippen molar-refractivity contribution < 1.29 is 115 Å². The number of hydrogen-bond donors (Lipinski definition) is 0. The van der Waals surface area contributed by atoms with Crippen molar-refractivity contribution in [3.05, 3.63) is 177 Å². The summed E-state index contributed by atoms with van der Waals surface area (Å²) >= 11 is 0. The van der Waals surface area contributed by atoms with Crippen LogP contribution in [0.3, 0.4) is 0 Å². The normalized spacial score (nSPS) is 13.1. The molecule has 0 aliphatic rings. The fraction of sp³-hybridized carbons (Fsp3) is 0.435. The van der Waals surface area contributed by atoms with Gasteiger partial charge in [0.15, 0.2) is 12.4 Å². The highest BCUT2D eigenvalue weighted by Gasteiger charge is 2.47. The number of ketones is 1. The third-order valence-electron chi connectivity index (χ3n) is 15.0. The minimum absolute atomic E-state index is 0.139. The molecule has 0 saturated carbocycles. The van der Waals surface area contributed by atoms with Gasteiger partial charge >= 0.3 is 49.4 Å². The number of halogens is 24. The zero-order valence-electron chi connectivity index (χ0n) is 47.7. The second-order valence-corrected chi connectivity index (χ2v) is 21.8. The molecule has 0 aliphatic carbocycles. The van der Waals surface area contributed by atoms with E-state index in [1.54, 1.807) is 0 Å². The van der Waals surface area contributed by atoms with Crippen LogP contribution in [0.1, 0.15) is 170 Å². The van der Waals surface area contributed by atoms with Gasteiger partial charge in [0.2, 0.25) is 12.3 Å². The summed E-state index contributed by atoms with van der Waals surface area (Å²) in [5.41, 5.74) is -28.4. The number of carbonyl (C=O) groups is 1. The summed E-state index contributed by atoms with van der Waals surface area (Å²) in [6.07, 6.45) is -25.8. The summed E-state index contributed by atoms with van der Waals surface area (Å²) in [6.45, 7) is 2.66. The molecule has 6 aromatic rings. The highest BCUT2D eigenvalue weighted by Crippen LogP contribution is 2.42. The summed E-state index contributed by atoms with van der Waals surface area (Å²) in [5.74, 6) is 0.139. The Balaban J connectivity index is 0.000000378. The molecule has 0 unspecified atom stereocenters. The molecule has 0 fully saturated rings. The third kappa shape index (κ3) is 21.2. The molecule has 0 amide bonds. The van der Waals surface area contributed by atoms with E-state index in [2.05, 4.69) is 11.9 Å². The molecule has 3 nitrogen and oxygen atoms in total. The lowest BCUT2D eigenvalue weighted by molar-refractivity contribution is -0.684. The predicted molar refractivity (Wildman–Crippen MR) is 289 cm³/mol. The van der Waals surface area contributed by atoms with Crippen LogP contribution in [-0.2, 0) is 62.4 Å². The first-order valence-corrected chi connectivity index (χ1v) is 28.3. The van der Waals surface area contributed by atoms with Crippen molar-refractivity contribution in [1.29, 1.82) is 0 Å². The molecule has 0 aliphatic heterocycles. The van der Waals surface area contributed by atoms with Crippen molar-refractivity contribution in [2.45, 2.75) is 172 Å². The van der Waals surface area contributed by atoms with Gasteiger partial charge in [0, 0.05) is 5.56 Å². The van der Waals surface area contributed by atoms with Gasteiger partial charge < -0.3 is 0 Å². The first-order valence-electron chi connectivity index (χ1n) is 28.3. The molecule has 0 atom stereocenters. The quantitative estimate of drug-likeness (QED) is 0.0199. The number of aromatic nitrogens is 2. The standard InChI is InChI=1S/C32H12BF24.C30H47N2O/c34-25(35,36)13-1-14(26(37,38)39)6-21(5-13)33(22-7-15(27(40,41)42)2-16(8-22)28(43,44)45,23-9-17(29(46,47)48)3-18(10-23)30(49,50)51)24-11-19(31(52,53)54)4-20(12-24)32(55,56)57;1-2-3-4-5-6-7-8-9-10-11-12-13-14-15-16-20-23-29-26-32(25-24-31-29)27-30(33)28-21-18-17-19-22-28/h1-12H;17-19,21-22,24-26H,2-16,20,23,27H2,1H3/q-1;+1. The van der Waals surface area contributed by atoms with E-state index in [-0.39, 0.29) is 5.78 Å². The Bertz CT molecular complexity index is 2850. The van der Waals surface area contributed by atoms with Crippen LogP contribution in [0.2, 0.25) is 0 Å². The molecular weight excluding hydrogens is 1260 g/mol. The second-order valence-electron chi connectivity index (χ2n) is 21.8. The fourth-order valence-electron chi connectivity index (χ4n) is 10.5. The molecular formula is C62H59BF24N2O. The van der Waals surface area contributed by atoms with E-state index in [0.717, 1.165) is 17.7 Å². The van der Waals surface area contributed by atoms with Crippen LogP contribution >= 0.6 is 0 Å². The van der Waals surface area contributed by atoms with Crippen LogP contribution < -0.4 is 26.4 Å². The number of alkyl halides is 24. The first kappa shape index (κ1) is 74.0. The number of benzene rings is 5. The zero-order valence-corrected chi connectivity index (χ0v) is 47.7. The number of carbonyl (C=O) groups excluding carboxylic acids is 1. The lowest BCUT2D eigenvalue weighted by atomic mass is 9.12. The van der Waals surface area contributed by atoms with Crippen molar-refractivity contribution in [3.63, 3.8) is 0 Å². The highest BCUT2D eigenvalue weighted by molar-refractivity contribution is 7.20. The Kier molecular flexibility index (Phi) is 24.8. The lowest BCUT2D eigenvalue weighted by Crippen LogP contribution is -2.75. The van der Waals surface area contributed by atoms with Crippen LogP contribution in [0, 0.1) is 0 Å². The van der Waals surface area contributed by atoms with E-state index in [1.807, 2.05) is 53.5 Å². The Hall–Kier alpha value is -6.77. The van der Waals surface area contributed by atoms with Crippen LogP contribution in [0.15, 0.2) is 122 Å². The van der Waals surface area contributed by atoms with Crippen molar-refractivity contribution in [2.75, 3.05) is 0 Å². The van der Waals surface area contributed by atoms with Crippen LogP contribution in [0.5, 0.6) is 0 Å². The second kappa shape index (κ2) is 30.1. The minimum Gasteiger partial charge on any atom is -0.287 e. The number of nitrogens with zero attached hydrogens (tertiary/aromatic N) is 2. The Morgan fingerprint density at radius 3 is 0.878 bits per heavy atom. The van der Waals surface area contributed by atoms with E-state index in [4.69, 9.17) is 0 Å². The number of hydrogen-bond acceptors (Lipinski definition) is 2. The molecule has 6 rings (SSSR count). The summed E-state index contributed by atoms with van der Waals surface area (Å²) < 4.78 is 343.